The van der Waals surface area contributed by atoms with E-state index in [-0.39, 0.29) is 11.5 Å². The molecule has 0 saturated carbocycles. The molecule has 1 aromatic heterocycles. The molecular weight excluding hydrogens is 325 g/mol. The summed E-state index contributed by atoms with van der Waals surface area (Å²) in [5, 5.41) is 2.97. The summed E-state index contributed by atoms with van der Waals surface area (Å²) in [6.07, 6.45) is 0. The fraction of sp³-hybridized carbons (Fsp3) is 0.286. The lowest BCUT2D eigenvalue weighted by atomic mass is 10.3. The minimum atomic E-state index is -0.306. The summed E-state index contributed by atoms with van der Waals surface area (Å²) in [5.74, 6) is -0.306. The van der Waals surface area contributed by atoms with Gasteiger partial charge in [-0.1, -0.05) is 12.1 Å². The van der Waals surface area contributed by atoms with Crippen molar-refractivity contribution >= 4 is 21.6 Å². The van der Waals surface area contributed by atoms with Gasteiger partial charge >= 0.3 is 5.69 Å². The lowest BCUT2D eigenvalue weighted by molar-refractivity contribution is 0.620. The monoisotopic (exact) mass is 339 g/mol. The number of halogens is 2. The highest BCUT2D eigenvalue weighted by molar-refractivity contribution is 9.10. The molecule has 0 atom stereocenters. The molecule has 1 aromatic carbocycles. The summed E-state index contributed by atoms with van der Waals surface area (Å²) < 4.78 is 15.8. The Morgan fingerprint density at radius 1 is 1.35 bits per heavy atom. The minimum Gasteiger partial charge on any atom is -0.381 e. The van der Waals surface area contributed by atoms with Gasteiger partial charge in [0.15, 0.2) is 0 Å². The zero-order valence-electron chi connectivity index (χ0n) is 11.3. The molecule has 0 aliphatic heterocycles. The second-order valence-corrected chi connectivity index (χ2v) is 5.23. The molecule has 0 unspecified atom stereocenters. The summed E-state index contributed by atoms with van der Waals surface area (Å²) in [5.41, 5.74) is 1.62. The zero-order chi connectivity index (χ0) is 14.7. The molecule has 20 heavy (non-hydrogen) atoms. The first-order valence-corrected chi connectivity index (χ1v) is 7.02. The van der Waals surface area contributed by atoms with Gasteiger partial charge in [0.25, 0.3) is 0 Å². The maximum atomic E-state index is 13.4. The van der Waals surface area contributed by atoms with E-state index in [9.17, 15) is 9.18 Å². The first kappa shape index (κ1) is 14.7. The number of nitrogens with zero attached hydrogens (tertiary/aromatic N) is 2. The summed E-state index contributed by atoms with van der Waals surface area (Å²) in [7, 11) is 0. The number of aromatic nitrogens is 2. The fourth-order valence-electron chi connectivity index (χ4n) is 1.95. The van der Waals surface area contributed by atoms with Crippen LogP contribution in [0.25, 0.3) is 0 Å². The van der Waals surface area contributed by atoms with Gasteiger partial charge in [-0.25, -0.2) is 9.18 Å². The van der Waals surface area contributed by atoms with E-state index >= 15 is 0 Å². The molecule has 2 rings (SSSR count). The second-order valence-electron chi connectivity index (χ2n) is 4.44. The number of para-hydroxylation sites is 1. The summed E-state index contributed by atoms with van der Waals surface area (Å²) >= 11 is 3.41. The molecule has 6 heteroatoms. The molecule has 0 aliphatic rings. The van der Waals surface area contributed by atoms with Crippen molar-refractivity contribution in [2.75, 3.05) is 11.9 Å². The van der Waals surface area contributed by atoms with Crippen LogP contribution in [-0.4, -0.2) is 16.1 Å². The fourth-order valence-corrected chi connectivity index (χ4v) is 2.25. The molecule has 1 heterocycles. The Bertz CT molecular complexity index is 685. The number of hydrogen-bond acceptors (Lipinski definition) is 3. The number of nitrogens with one attached hydrogen (secondary N) is 1. The zero-order valence-corrected chi connectivity index (χ0v) is 12.9. The van der Waals surface area contributed by atoms with Crippen molar-refractivity contribution in [1.29, 1.82) is 0 Å². The Kier molecular flexibility index (Phi) is 4.54. The van der Waals surface area contributed by atoms with Crippen LogP contribution < -0.4 is 11.0 Å². The van der Waals surface area contributed by atoms with E-state index in [4.69, 9.17) is 0 Å². The molecule has 0 saturated heterocycles. The second kappa shape index (κ2) is 6.17. The van der Waals surface area contributed by atoms with Gasteiger partial charge in [0, 0.05) is 18.8 Å². The van der Waals surface area contributed by atoms with Crippen molar-refractivity contribution in [3.05, 3.63) is 56.4 Å². The maximum absolute atomic E-state index is 13.4. The topological polar surface area (TPSA) is 46.9 Å². The Morgan fingerprint density at radius 2 is 2.05 bits per heavy atom. The predicted molar refractivity (Wildman–Crippen MR) is 80.6 cm³/mol. The van der Waals surface area contributed by atoms with Crippen molar-refractivity contribution in [1.82, 2.24) is 9.55 Å². The van der Waals surface area contributed by atoms with Gasteiger partial charge in [-0.05, 0) is 41.9 Å². The highest BCUT2D eigenvalue weighted by atomic mass is 79.9. The van der Waals surface area contributed by atoms with E-state index in [0.717, 1.165) is 10.2 Å². The van der Waals surface area contributed by atoms with Crippen LogP contribution in [0.15, 0.2) is 33.5 Å². The van der Waals surface area contributed by atoms with Gasteiger partial charge < -0.3 is 5.32 Å². The lowest BCUT2D eigenvalue weighted by Gasteiger charge is -2.13. The smallest absolute Gasteiger partial charge is 0.348 e. The van der Waals surface area contributed by atoms with E-state index < -0.39 is 0 Å². The van der Waals surface area contributed by atoms with Gasteiger partial charge in [0.05, 0.1) is 15.9 Å². The van der Waals surface area contributed by atoms with Gasteiger partial charge in [0.1, 0.15) is 5.82 Å². The van der Waals surface area contributed by atoms with Crippen LogP contribution in [0.1, 0.15) is 11.4 Å². The van der Waals surface area contributed by atoms with Gasteiger partial charge in [-0.3, -0.25) is 4.57 Å². The van der Waals surface area contributed by atoms with Crippen LogP contribution in [0.3, 0.4) is 0 Å². The van der Waals surface area contributed by atoms with Crippen LogP contribution in [-0.2, 0) is 6.54 Å². The standard InChI is InChI=1S/C14H15BrFN3O/c1-9-13(15)10(2)19(14(20)18-9)8-7-17-12-6-4-3-5-11(12)16/h3-6,17H,7-8H2,1-2H3. The highest BCUT2D eigenvalue weighted by Crippen LogP contribution is 2.17. The van der Waals surface area contributed by atoms with Gasteiger partial charge in [-0.15, -0.1) is 0 Å². The predicted octanol–water partition coefficient (Wildman–Crippen LogP) is 2.87. The van der Waals surface area contributed by atoms with Crippen LogP contribution in [0.2, 0.25) is 0 Å². The molecule has 0 fully saturated rings. The molecule has 0 radical (unpaired) electrons. The third kappa shape index (κ3) is 3.07. The normalized spacial score (nSPS) is 10.6. The molecule has 0 amide bonds. The van der Waals surface area contributed by atoms with Crippen LogP contribution in [0.5, 0.6) is 0 Å². The molecule has 0 aliphatic carbocycles. The number of rotatable bonds is 4. The molecule has 106 valence electrons. The van der Waals surface area contributed by atoms with Gasteiger partial charge in [0.2, 0.25) is 0 Å². The summed E-state index contributed by atoms with van der Waals surface area (Å²) in [6, 6.07) is 6.45. The average Bonchev–Trinajstić information content (AvgIpc) is 2.42. The third-order valence-corrected chi connectivity index (χ3v) is 4.21. The molecule has 2 aromatic rings. The average molecular weight is 340 g/mol. The summed E-state index contributed by atoms with van der Waals surface area (Å²) in [6.45, 7) is 4.49. The van der Waals surface area contributed by atoms with Crippen molar-refractivity contribution in [3.63, 3.8) is 0 Å². The molecule has 4 nitrogen and oxygen atoms in total. The van der Waals surface area contributed by atoms with Crippen LogP contribution >= 0.6 is 15.9 Å². The number of benzene rings is 1. The number of hydrogen-bond donors (Lipinski definition) is 1. The Hall–Kier alpha value is -1.69. The van der Waals surface area contributed by atoms with Crippen LogP contribution in [0.4, 0.5) is 10.1 Å². The Labute approximate surface area is 124 Å². The maximum Gasteiger partial charge on any atom is 0.348 e. The molecule has 0 bridgehead atoms. The number of anilines is 1. The highest BCUT2D eigenvalue weighted by Gasteiger charge is 2.09. The third-order valence-electron chi connectivity index (χ3n) is 3.06. The van der Waals surface area contributed by atoms with Crippen molar-refractivity contribution < 1.29 is 4.39 Å². The largest absolute Gasteiger partial charge is 0.381 e. The first-order valence-electron chi connectivity index (χ1n) is 6.22. The lowest BCUT2D eigenvalue weighted by Crippen LogP contribution is -2.29. The van der Waals surface area contributed by atoms with Crippen molar-refractivity contribution in [3.8, 4) is 0 Å². The van der Waals surface area contributed by atoms with E-state index in [1.807, 2.05) is 6.92 Å². The molecular formula is C14H15BrFN3O. The van der Waals surface area contributed by atoms with E-state index in [1.165, 1.54) is 6.07 Å². The first-order chi connectivity index (χ1) is 9.50. The summed E-state index contributed by atoms with van der Waals surface area (Å²) in [4.78, 5) is 15.8. The molecule has 1 N–H and O–H groups in total. The Balaban J connectivity index is 2.11. The molecule has 0 spiro atoms. The van der Waals surface area contributed by atoms with Crippen molar-refractivity contribution in [2.24, 2.45) is 0 Å². The number of aryl methyl sites for hydroxylation is 1. The van der Waals surface area contributed by atoms with Gasteiger partial charge in [-0.2, -0.15) is 4.98 Å². The van der Waals surface area contributed by atoms with E-state index in [0.29, 0.717) is 24.5 Å². The van der Waals surface area contributed by atoms with E-state index in [2.05, 4.69) is 26.2 Å². The van der Waals surface area contributed by atoms with Crippen molar-refractivity contribution in [2.45, 2.75) is 20.4 Å². The minimum absolute atomic E-state index is 0.293. The SMILES string of the molecule is Cc1nc(=O)n(CCNc2ccccc2F)c(C)c1Br. The quantitative estimate of drug-likeness (QED) is 0.931. The Morgan fingerprint density at radius 3 is 2.75 bits per heavy atom. The van der Waals surface area contributed by atoms with E-state index in [1.54, 1.807) is 29.7 Å². The van der Waals surface area contributed by atoms with Crippen LogP contribution in [0, 0.1) is 19.7 Å².